The number of amides is 2. The quantitative estimate of drug-likeness (QED) is 0.286. The monoisotopic (exact) mass is 405 g/mol. The number of nitrogens with zero attached hydrogens (tertiary/aromatic N) is 1. The maximum atomic E-state index is 11.9. The molecule has 0 unspecified atom stereocenters. The van der Waals surface area contributed by atoms with E-state index in [9.17, 15) is 24.5 Å². The highest BCUT2D eigenvalue weighted by Gasteiger charge is 2.12. The molecule has 0 aliphatic heterocycles. The van der Waals surface area contributed by atoms with Gasteiger partial charge in [0.25, 0.3) is 17.5 Å². The van der Waals surface area contributed by atoms with E-state index in [0.29, 0.717) is 29.8 Å². The fourth-order valence-electron chi connectivity index (χ4n) is 2.24. The van der Waals surface area contributed by atoms with Gasteiger partial charge in [0.05, 0.1) is 4.92 Å². The smallest absolute Gasteiger partial charge is 0.306 e. The molecule has 0 spiro atoms. The number of aryl methyl sites for hydroxylation is 1. The third-order valence-corrected chi connectivity index (χ3v) is 4.37. The molecule has 2 amide bonds. The number of esters is 1. The van der Waals surface area contributed by atoms with Gasteiger partial charge in [0, 0.05) is 41.7 Å². The van der Waals surface area contributed by atoms with Gasteiger partial charge >= 0.3 is 5.97 Å². The molecule has 148 valence electrons. The third kappa shape index (κ3) is 6.47. The second kappa shape index (κ2) is 10.2. The first-order valence-electron chi connectivity index (χ1n) is 8.37. The van der Waals surface area contributed by atoms with E-state index in [-0.39, 0.29) is 18.0 Å². The van der Waals surface area contributed by atoms with Crippen LogP contribution in [0.3, 0.4) is 0 Å². The summed E-state index contributed by atoms with van der Waals surface area (Å²) in [5.41, 5.74) is 1.43. The van der Waals surface area contributed by atoms with E-state index < -0.39 is 23.4 Å². The molecule has 2 aromatic rings. The van der Waals surface area contributed by atoms with Crippen LogP contribution in [-0.4, -0.2) is 35.9 Å². The first-order valence-corrected chi connectivity index (χ1v) is 9.32. The number of rotatable bonds is 9. The summed E-state index contributed by atoms with van der Waals surface area (Å²) in [6.45, 7) is 1.48. The predicted octanol–water partition coefficient (Wildman–Crippen LogP) is 2.66. The number of nitrogens with one attached hydrogen (secondary N) is 2. The molecule has 9 nitrogen and oxygen atoms in total. The summed E-state index contributed by atoms with van der Waals surface area (Å²) in [5.74, 6) is -1.30. The Morgan fingerprint density at radius 1 is 1.25 bits per heavy atom. The Morgan fingerprint density at radius 2 is 2.04 bits per heavy atom. The van der Waals surface area contributed by atoms with Crippen molar-refractivity contribution in [1.29, 1.82) is 0 Å². The number of hydrogen-bond acceptors (Lipinski definition) is 7. The van der Waals surface area contributed by atoms with Crippen molar-refractivity contribution in [3.63, 3.8) is 0 Å². The van der Waals surface area contributed by atoms with Gasteiger partial charge in [0.15, 0.2) is 6.61 Å². The molecule has 10 heteroatoms. The van der Waals surface area contributed by atoms with Gasteiger partial charge in [-0.2, -0.15) is 11.3 Å². The van der Waals surface area contributed by atoms with Gasteiger partial charge < -0.3 is 15.4 Å². The molecular weight excluding hydrogens is 386 g/mol. The lowest BCUT2D eigenvalue weighted by molar-refractivity contribution is -0.384. The van der Waals surface area contributed by atoms with Crippen molar-refractivity contribution in [3.05, 3.63) is 56.3 Å². The lowest BCUT2D eigenvalue weighted by atomic mass is 10.2. The summed E-state index contributed by atoms with van der Waals surface area (Å²) in [4.78, 5) is 45.4. The average Bonchev–Trinajstić information content (AvgIpc) is 3.19. The predicted molar refractivity (Wildman–Crippen MR) is 103 cm³/mol. The summed E-state index contributed by atoms with van der Waals surface area (Å²) >= 11 is 1.42. The van der Waals surface area contributed by atoms with Gasteiger partial charge in [0.2, 0.25) is 0 Å². The maximum absolute atomic E-state index is 11.9. The standard InChI is InChI=1S/C18H19N3O6S/c1-12-9-14(21(25)26)4-5-15(12)20-16(22)10-27-17(23)3-2-7-19-18(24)13-6-8-28-11-13/h4-6,8-9,11H,2-3,7,10H2,1H3,(H,19,24)(H,20,22). The fourth-order valence-corrected chi connectivity index (χ4v) is 2.87. The molecule has 0 saturated carbocycles. The van der Waals surface area contributed by atoms with Crippen molar-refractivity contribution in [2.45, 2.75) is 19.8 Å². The molecular formula is C18H19N3O6S. The number of hydrogen-bond donors (Lipinski definition) is 2. The van der Waals surface area contributed by atoms with E-state index in [2.05, 4.69) is 10.6 Å². The largest absolute Gasteiger partial charge is 0.456 e. The molecule has 1 aromatic carbocycles. The minimum Gasteiger partial charge on any atom is -0.456 e. The van der Waals surface area contributed by atoms with Crippen LogP contribution in [0.4, 0.5) is 11.4 Å². The zero-order valence-corrected chi connectivity index (χ0v) is 15.9. The second-order valence-corrected chi connectivity index (χ2v) is 6.62. The first-order chi connectivity index (χ1) is 13.4. The number of non-ortho nitro benzene ring substituents is 1. The molecule has 1 heterocycles. The number of nitro groups is 1. The minimum atomic E-state index is -0.555. The Labute approximate surface area is 164 Å². The summed E-state index contributed by atoms with van der Waals surface area (Å²) in [7, 11) is 0. The van der Waals surface area contributed by atoms with Crippen molar-refractivity contribution in [2.75, 3.05) is 18.5 Å². The lowest BCUT2D eigenvalue weighted by Gasteiger charge is -2.09. The number of thiophene rings is 1. The highest BCUT2D eigenvalue weighted by Crippen LogP contribution is 2.21. The molecule has 0 fully saturated rings. The van der Waals surface area contributed by atoms with E-state index in [1.807, 2.05) is 0 Å². The third-order valence-electron chi connectivity index (χ3n) is 3.69. The molecule has 2 rings (SSSR count). The SMILES string of the molecule is Cc1cc([N+](=O)[O-])ccc1NC(=O)COC(=O)CCCNC(=O)c1ccsc1. The molecule has 0 atom stereocenters. The van der Waals surface area contributed by atoms with E-state index in [1.165, 1.54) is 29.5 Å². The molecule has 0 radical (unpaired) electrons. The van der Waals surface area contributed by atoms with Crippen LogP contribution in [-0.2, 0) is 14.3 Å². The van der Waals surface area contributed by atoms with Crippen LogP contribution < -0.4 is 10.6 Å². The van der Waals surface area contributed by atoms with Crippen molar-refractivity contribution in [1.82, 2.24) is 5.32 Å². The van der Waals surface area contributed by atoms with Crippen LogP contribution in [0.2, 0.25) is 0 Å². The highest BCUT2D eigenvalue weighted by atomic mass is 32.1. The van der Waals surface area contributed by atoms with Gasteiger partial charge in [0.1, 0.15) is 0 Å². The number of carbonyl (C=O) groups excluding carboxylic acids is 3. The van der Waals surface area contributed by atoms with Crippen LogP contribution in [0.5, 0.6) is 0 Å². The van der Waals surface area contributed by atoms with Gasteiger partial charge in [-0.05, 0) is 36.4 Å². The van der Waals surface area contributed by atoms with Crippen LogP contribution in [0.25, 0.3) is 0 Å². The van der Waals surface area contributed by atoms with E-state index in [4.69, 9.17) is 4.74 Å². The highest BCUT2D eigenvalue weighted by molar-refractivity contribution is 7.08. The molecule has 0 aliphatic carbocycles. The molecule has 2 N–H and O–H groups in total. The van der Waals surface area contributed by atoms with Crippen LogP contribution in [0.15, 0.2) is 35.0 Å². The average molecular weight is 405 g/mol. The molecule has 28 heavy (non-hydrogen) atoms. The topological polar surface area (TPSA) is 128 Å². The Morgan fingerprint density at radius 3 is 2.68 bits per heavy atom. The van der Waals surface area contributed by atoms with Crippen LogP contribution in [0, 0.1) is 17.0 Å². The Balaban J connectivity index is 1.66. The summed E-state index contributed by atoms with van der Waals surface area (Å²) in [6.07, 6.45) is 0.450. The number of carbonyl (C=O) groups is 3. The van der Waals surface area contributed by atoms with Crippen molar-refractivity contribution >= 4 is 40.5 Å². The zero-order valence-electron chi connectivity index (χ0n) is 15.1. The molecule has 0 bridgehead atoms. The van der Waals surface area contributed by atoms with Crippen molar-refractivity contribution in [2.24, 2.45) is 0 Å². The van der Waals surface area contributed by atoms with E-state index in [1.54, 1.807) is 23.8 Å². The van der Waals surface area contributed by atoms with Gasteiger partial charge in [-0.15, -0.1) is 0 Å². The summed E-state index contributed by atoms with van der Waals surface area (Å²) in [6, 6.07) is 5.74. The van der Waals surface area contributed by atoms with Gasteiger partial charge in [-0.25, -0.2) is 0 Å². The second-order valence-electron chi connectivity index (χ2n) is 5.84. The van der Waals surface area contributed by atoms with E-state index in [0.717, 1.165) is 0 Å². The van der Waals surface area contributed by atoms with Crippen molar-refractivity contribution < 1.29 is 24.0 Å². The normalized spacial score (nSPS) is 10.2. The van der Waals surface area contributed by atoms with Gasteiger partial charge in [-0.1, -0.05) is 0 Å². The number of ether oxygens (including phenoxy) is 1. The minimum absolute atomic E-state index is 0.0633. The van der Waals surface area contributed by atoms with Crippen molar-refractivity contribution in [3.8, 4) is 0 Å². The number of anilines is 1. The van der Waals surface area contributed by atoms with Crippen LogP contribution in [0.1, 0.15) is 28.8 Å². The summed E-state index contributed by atoms with van der Waals surface area (Å²) in [5, 5.41) is 19.5. The molecule has 0 aliphatic rings. The zero-order chi connectivity index (χ0) is 20.5. The van der Waals surface area contributed by atoms with Gasteiger partial charge in [-0.3, -0.25) is 24.5 Å². The Hall–Kier alpha value is -3.27. The number of benzene rings is 1. The first kappa shape index (κ1) is 21.0. The summed E-state index contributed by atoms with van der Waals surface area (Å²) < 4.78 is 4.89. The fraction of sp³-hybridized carbons (Fsp3) is 0.278. The van der Waals surface area contributed by atoms with Crippen LogP contribution >= 0.6 is 11.3 Å². The van der Waals surface area contributed by atoms with E-state index >= 15 is 0 Å². The number of nitro benzene ring substituents is 1. The molecule has 0 saturated heterocycles. The maximum Gasteiger partial charge on any atom is 0.306 e. The molecule has 1 aromatic heterocycles. The Kier molecular flexibility index (Phi) is 7.64. The Bertz CT molecular complexity index is 866. The lowest BCUT2D eigenvalue weighted by Crippen LogP contribution is -2.25.